The number of carbonyl (C=O) groups excluding carboxylic acids is 1. The van der Waals surface area contributed by atoms with Crippen LogP contribution in [0.25, 0.3) is 0 Å². The van der Waals surface area contributed by atoms with E-state index in [0.29, 0.717) is 6.54 Å². The molecule has 2 atom stereocenters. The molecule has 6 nitrogen and oxygen atoms in total. The number of amides is 1. The fourth-order valence-electron chi connectivity index (χ4n) is 1.85. The molecule has 2 heterocycles. The van der Waals surface area contributed by atoms with Gasteiger partial charge >= 0.3 is 6.09 Å². The predicted molar refractivity (Wildman–Crippen MR) is 66.5 cm³/mol. The summed E-state index contributed by atoms with van der Waals surface area (Å²) in [4.78, 5) is 13.4. The summed E-state index contributed by atoms with van der Waals surface area (Å²) in [7, 11) is 0. The number of rotatable bonds is 1. The molecule has 1 saturated heterocycles. The summed E-state index contributed by atoms with van der Waals surface area (Å²) in [5.74, 6) is -0.162. The van der Waals surface area contributed by atoms with E-state index < -0.39 is 17.8 Å². The molecule has 1 aromatic rings. The number of likely N-dealkylation sites (tertiary alicyclic amines) is 1. The van der Waals surface area contributed by atoms with Gasteiger partial charge in [0.15, 0.2) is 0 Å². The second-order valence-corrected chi connectivity index (χ2v) is 6.20. The van der Waals surface area contributed by atoms with Crippen molar-refractivity contribution in [2.24, 2.45) is 0 Å². The van der Waals surface area contributed by atoms with E-state index in [9.17, 15) is 9.90 Å². The Morgan fingerprint density at radius 1 is 1.56 bits per heavy atom. The van der Waals surface area contributed by atoms with Gasteiger partial charge in [-0.25, -0.2) is 4.79 Å². The molecule has 18 heavy (non-hydrogen) atoms. The average molecular weight is 271 g/mol. The largest absolute Gasteiger partial charge is 0.444 e. The molecular weight excluding hydrogens is 254 g/mol. The molecule has 1 N–H and O–H groups in total. The molecule has 1 aromatic heterocycles. The smallest absolute Gasteiger partial charge is 0.410 e. The van der Waals surface area contributed by atoms with Crippen molar-refractivity contribution in [2.75, 3.05) is 13.1 Å². The Hall–Kier alpha value is -1.21. The number of aromatic nitrogens is 2. The van der Waals surface area contributed by atoms with Gasteiger partial charge in [0.05, 0.1) is 18.6 Å². The monoisotopic (exact) mass is 271 g/mol. The maximum absolute atomic E-state index is 11.9. The van der Waals surface area contributed by atoms with E-state index in [-0.39, 0.29) is 12.5 Å². The van der Waals surface area contributed by atoms with Crippen LogP contribution in [0, 0.1) is 0 Å². The molecule has 100 valence electrons. The van der Waals surface area contributed by atoms with Crippen molar-refractivity contribution in [1.82, 2.24) is 15.1 Å². The third-order valence-electron chi connectivity index (χ3n) is 2.63. The Labute approximate surface area is 110 Å². The summed E-state index contributed by atoms with van der Waals surface area (Å²) in [5.41, 5.74) is 1.10. The fraction of sp³-hybridized carbons (Fsp3) is 0.727. The van der Waals surface area contributed by atoms with Crippen molar-refractivity contribution < 1.29 is 14.6 Å². The van der Waals surface area contributed by atoms with Gasteiger partial charge in [-0.05, 0) is 20.8 Å². The highest BCUT2D eigenvalue weighted by molar-refractivity contribution is 7.09. The minimum atomic E-state index is -0.606. The molecule has 1 amide bonds. The maximum atomic E-state index is 11.9. The first kappa shape index (κ1) is 13.2. The van der Waals surface area contributed by atoms with Gasteiger partial charge in [-0.1, -0.05) is 0 Å². The first-order valence-corrected chi connectivity index (χ1v) is 6.67. The zero-order valence-corrected chi connectivity index (χ0v) is 11.5. The van der Waals surface area contributed by atoms with E-state index in [4.69, 9.17) is 4.74 Å². The molecule has 0 aliphatic carbocycles. The highest BCUT2D eigenvalue weighted by Crippen LogP contribution is 2.29. The first-order valence-electron chi connectivity index (χ1n) is 5.79. The second-order valence-electron chi connectivity index (χ2n) is 5.34. The number of ether oxygens (including phenoxy) is 1. The van der Waals surface area contributed by atoms with Crippen molar-refractivity contribution in [1.29, 1.82) is 0 Å². The lowest BCUT2D eigenvalue weighted by Crippen LogP contribution is -2.35. The molecule has 1 fully saturated rings. The normalized spacial score (nSPS) is 24.3. The van der Waals surface area contributed by atoms with Crippen molar-refractivity contribution in [3.63, 3.8) is 0 Å². The van der Waals surface area contributed by atoms with Gasteiger partial charge in [-0.15, -0.1) is 21.5 Å². The molecule has 0 radical (unpaired) electrons. The topological polar surface area (TPSA) is 75.5 Å². The van der Waals surface area contributed by atoms with E-state index in [1.54, 1.807) is 5.51 Å². The van der Waals surface area contributed by atoms with E-state index >= 15 is 0 Å². The molecule has 2 rings (SSSR count). The van der Waals surface area contributed by atoms with E-state index in [2.05, 4.69) is 10.2 Å². The molecule has 0 spiro atoms. The Balaban J connectivity index is 2.00. The lowest BCUT2D eigenvalue weighted by molar-refractivity contribution is 0.0270. The molecule has 0 unspecified atom stereocenters. The summed E-state index contributed by atoms with van der Waals surface area (Å²) in [6.07, 6.45) is -1.00. The van der Waals surface area contributed by atoms with E-state index in [1.165, 1.54) is 16.2 Å². The highest BCUT2D eigenvalue weighted by atomic mass is 32.1. The fourth-order valence-corrected chi connectivity index (χ4v) is 2.55. The van der Waals surface area contributed by atoms with Crippen LogP contribution in [0.15, 0.2) is 5.51 Å². The number of hydrogen-bond acceptors (Lipinski definition) is 6. The van der Waals surface area contributed by atoms with Crippen LogP contribution in [0.4, 0.5) is 4.79 Å². The number of carbonyl (C=O) groups is 1. The second kappa shape index (κ2) is 4.81. The van der Waals surface area contributed by atoms with Gasteiger partial charge in [-0.2, -0.15) is 0 Å². The van der Waals surface area contributed by atoms with Gasteiger partial charge in [0.2, 0.25) is 0 Å². The SMILES string of the molecule is CC(C)(C)OC(=O)N1C[C@@H](O)[C@H](c2nncs2)C1. The number of β-amino-alcohol motifs (C(OH)–C–C–N with tert-alkyl or cyclic N) is 1. The molecular formula is C11H17N3O3S. The van der Waals surface area contributed by atoms with Crippen molar-refractivity contribution in [3.05, 3.63) is 10.5 Å². The molecule has 0 bridgehead atoms. The van der Waals surface area contributed by atoms with Crippen molar-refractivity contribution in [2.45, 2.75) is 38.4 Å². The van der Waals surface area contributed by atoms with Gasteiger partial charge < -0.3 is 14.7 Å². The third-order valence-corrected chi connectivity index (χ3v) is 3.46. The predicted octanol–water partition coefficient (Wildman–Crippen LogP) is 1.23. The molecule has 0 aromatic carbocycles. The van der Waals surface area contributed by atoms with E-state index in [0.717, 1.165) is 5.01 Å². The number of hydrogen-bond donors (Lipinski definition) is 1. The minimum absolute atomic E-state index is 0.162. The van der Waals surface area contributed by atoms with Gasteiger partial charge in [0.25, 0.3) is 0 Å². The summed E-state index contributed by atoms with van der Waals surface area (Å²) in [6.45, 7) is 6.16. The van der Waals surface area contributed by atoms with Crippen LogP contribution in [-0.2, 0) is 4.74 Å². The minimum Gasteiger partial charge on any atom is -0.444 e. The van der Waals surface area contributed by atoms with Crippen LogP contribution >= 0.6 is 11.3 Å². The zero-order chi connectivity index (χ0) is 13.3. The quantitative estimate of drug-likeness (QED) is 0.831. The molecule has 1 aliphatic heterocycles. The van der Waals surface area contributed by atoms with Crippen LogP contribution in [0.1, 0.15) is 31.7 Å². The van der Waals surface area contributed by atoms with Gasteiger partial charge in [0.1, 0.15) is 16.1 Å². The highest BCUT2D eigenvalue weighted by Gasteiger charge is 2.38. The Morgan fingerprint density at radius 2 is 2.28 bits per heavy atom. The van der Waals surface area contributed by atoms with Gasteiger partial charge in [0, 0.05) is 6.54 Å². The Morgan fingerprint density at radius 3 is 2.83 bits per heavy atom. The lowest BCUT2D eigenvalue weighted by atomic mass is 10.1. The van der Waals surface area contributed by atoms with Crippen LogP contribution < -0.4 is 0 Å². The van der Waals surface area contributed by atoms with Crippen LogP contribution in [0.2, 0.25) is 0 Å². The number of aliphatic hydroxyl groups is 1. The van der Waals surface area contributed by atoms with Crippen LogP contribution in [0.3, 0.4) is 0 Å². The van der Waals surface area contributed by atoms with Gasteiger partial charge in [-0.3, -0.25) is 0 Å². The molecule has 7 heteroatoms. The van der Waals surface area contributed by atoms with Crippen molar-refractivity contribution in [3.8, 4) is 0 Å². The summed E-state index contributed by atoms with van der Waals surface area (Å²) in [5, 5.41) is 18.4. The summed E-state index contributed by atoms with van der Waals surface area (Å²) in [6, 6.07) is 0. The Kier molecular flexibility index (Phi) is 3.54. The average Bonchev–Trinajstić information content (AvgIpc) is 2.82. The van der Waals surface area contributed by atoms with E-state index in [1.807, 2.05) is 20.8 Å². The maximum Gasteiger partial charge on any atom is 0.410 e. The van der Waals surface area contributed by atoms with Crippen LogP contribution in [-0.4, -0.2) is 51.1 Å². The number of aliphatic hydroxyl groups excluding tert-OH is 1. The summed E-state index contributed by atoms with van der Waals surface area (Å²) < 4.78 is 5.28. The van der Waals surface area contributed by atoms with Crippen LogP contribution in [0.5, 0.6) is 0 Å². The summed E-state index contributed by atoms with van der Waals surface area (Å²) >= 11 is 1.39. The third kappa shape index (κ3) is 2.97. The standard InChI is InChI=1S/C11H17N3O3S/c1-11(2,3)17-10(16)14-4-7(8(15)5-14)9-13-12-6-18-9/h6-8,15H,4-5H2,1-3H3/t7-,8-/m1/s1. The zero-order valence-electron chi connectivity index (χ0n) is 10.7. The first-order chi connectivity index (χ1) is 8.37. The Bertz CT molecular complexity index is 416. The molecule has 0 saturated carbocycles. The molecule has 1 aliphatic rings. The van der Waals surface area contributed by atoms with Crippen molar-refractivity contribution >= 4 is 17.4 Å². The number of nitrogens with zero attached hydrogens (tertiary/aromatic N) is 3. The lowest BCUT2D eigenvalue weighted by Gasteiger charge is -2.24.